The molecule has 0 unspecified atom stereocenters. The van der Waals surface area contributed by atoms with Gasteiger partial charge in [-0.15, -0.1) is 0 Å². The summed E-state index contributed by atoms with van der Waals surface area (Å²) in [6.45, 7) is 0. The maximum absolute atomic E-state index is 10.7. The van der Waals surface area contributed by atoms with Gasteiger partial charge in [-0.2, -0.15) is 0 Å². The molecule has 2 aromatic carbocycles. The second-order valence-corrected chi connectivity index (χ2v) is 5.03. The molecule has 5 nitrogen and oxygen atoms in total. The minimum absolute atomic E-state index is 0.0197. The fourth-order valence-electron chi connectivity index (χ4n) is 1.51. The summed E-state index contributed by atoms with van der Waals surface area (Å²) in [5, 5.41) is 11.5. The number of anilines is 1. The van der Waals surface area contributed by atoms with Crippen LogP contribution in [0.1, 0.15) is 0 Å². The number of halogens is 3. The molecule has 0 saturated heterocycles. The number of hydrogen-bond donors (Lipinski definition) is 1. The normalized spacial score (nSPS) is 10.3. The van der Waals surface area contributed by atoms with Crippen LogP contribution >= 0.6 is 34.8 Å². The summed E-state index contributed by atoms with van der Waals surface area (Å²) < 4.78 is 5.49. The van der Waals surface area contributed by atoms with Gasteiger partial charge in [0.05, 0.1) is 15.0 Å². The quantitative estimate of drug-likeness (QED) is 0.491. The Bertz CT molecular complexity index is 669. The molecule has 0 aromatic heterocycles. The van der Waals surface area contributed by atoms with Crippen LogP contribution in [0, 0.1) is 10.1 Å². The molecule has 0 heterocycles. The van der Waals surface area contributed by atoms with Crippen molar-refractivity contribution >= 4 is 46.2 Å². The Morgan fingerprint density at radius 2 is 1.70 bits per heavy atom. The first-order valence-corrected chi connectivity index (χ1v) is 6.38. The van der Waals surface area contributed by atoms with Crippen molar-refractivity contribution in [3.05, 3.63) is 55.5 Å². The Morgan fingerprint density at radius 1 is 1.10 bits per heavy atom. The first kappa shape index (κ1) is 14.7. The van der Waals surface area contributed by atoms with Crippen LogP contribution in [-0.2, 0) is 0 Å². The highest BCUT2D eigenvalue weighted by Gasteiger charge is 2.14. The maximum Gasteiger partial charge on any atom is 0.292 e. The third-order valence-electron chi connectivity index (χ3n) is 2.38. The third kappa shape index (κ3) is 3.07. The lowest BCUT2D eigenvalue weighted by atomic mass is 10.2. The van der Waals surface area contributed by atoms with Gasteiger partial charge < -0.3 is 10.5 Å². The summed E-state index contributed by atoms with van der Waals surface area (Å²) in [7, 11) is 0. The fraction of sp³-hybridized carbons (Fsp3) is 0. The SMILES string of the molecule is Nc1cc(Oc2c(Cl)cc(Cl)cc2Cl)ccc1[N+](=O)[O-]. The zero-order chi connectivity index (χ0) is 14.9. The predicted octanol–water partition coefficient (Wildman–Crippen LogP) is 4.93. The zero-order valence-corrected chi connectivity index (χ0v) is 12.0. The molecule has 2 rings (SSSR count). The van der Waals surface area contributed by atoms with Crippen LogP contribution in [0.25, 0.3) is 0 Å². The number of nitro benzene ring substituents is 1. The van der Waals surface area contributed by atoms with E-state index in [1.807, 2.05) is 0 Å². The van der Waals surface area contributed by atoms with Crippen molar-refractivity contribution in [2.45, 2.75) is 0 Å². The number of nitrogen functional groups attached to an aromatic ring is 1. The molecule has 104 valence electrons. The molecule has 0 saturated carbocycles. The van der Waals surface area contributed by atoms with E-state index in [4.69, 9.17) is 45.3 Å². The highest BCUT2D eigenvalue weighted by atomic mass is 35.5. The summed E-state index contributed by atoms with van der Waals surface area (Å²) in [4.78, 5) is 10.1. The minimum atomic E-state index is -0.582. The third-order valence-corrected chi connectivity index (χ3v) is 3.16. The smallest absolute Gasteiger partial charge is 0.292 e. The summed E-state index contributed by atoms with van der Waals surface area (Å²) in [5.74, 6) is 0.477. The molecule has 0 spiro atoms. The lowest BCUT2D eigenvalue weighted by molar-refractivity contribution is -0.383. The molecule has 0 amide bonds. The molecule has 0 aliphatic heterocycles. The second kappa shape index (κ2) is 5.75. The van der Waals surface area contributed by atoms with Gasteiger partial charge in [-0.25, -0.2) is 0 Å². The van der Waals surface area contributed by atoms with Gasteiger partial charge in [0, 0.05) is 17.2 Å². The molecule has 8 heteroatoms. The number of benzene rings is 2. The average Bonchev–Trinajstić information content (AvgIpc) is 2.33. The molecule has 0 bridgehead atoms. The van der Waals surface area contributed by atoms with Crippen LogP contribution in [0.15, 0.2) is 30.3 Å². The largest absolute Gasteiger partial charge is 0.454 e. The minimum Gasteiger partial charge on any atom is -0.454 e. The molecule has 20 heavy (non-hydrogen) atoms. The summed E-state index contributed by atoms with van der Waals surface area (Å²) >= 11 is 17.7. The molecular weight excluding hydrogens is 327 g/mol. The number of rotatable bonds is 3. The maximum atomic E-state index is 10.7. The van der Waals surface area contributed by atoms with Crippen molar-refractivity contribution in [2.24, 2.45) is 0 Å². The van der Waals surface area contributed by atoms with Gasteiger partial charge in [0.15, 0.2) is 5.75 Å². The summed E-state index contributed by atoms with van der Waals surface area (Å²) in [6.07, 6.45) is 0. The molecule has 0 fully saturated rings. The van der Waals surface area contributed by atoms with Gasteiger partial charge in [0.1, 0.15) is 11.4 Å². The lowest BCUT2D eigenvalue weighted by Crippen LogP contribution is -1.96. The summed E-state index contributed by atoms with van der Waals surface area (Å²) in [5.41, 5.74) is 5.34. The van der Waals surface area contributed by atoms with Crippen molar-refractivity contribution in [1.29, 1.82) is 0 Å². The van der Waals surface area contributed by atoms with E-state index in [0.717, 1.165) is 0 Å². The topological polar surface area (TPSA) is 78.4 Å². The zero-order valence-electron chi connectivity index (χ0n) is 9.77. The van der Waals surface area contributed by atoms with Crippen molar-refractivity contribution in [1.82, 2.24) is 0 Å². The number of nitrogens with zero attached hydrogens (tertiary/aromatic N) is 1. The van der Waals surface area contributed by atoms with E-state index in [2.05, 4.69) is 0 Å². The highest BCUT2D eigenvalue weighted by Crippen LogP contribution is 2.39. The van der Waals surface area contributed by atoms with Gasteiger partial charge in [-0.1, -0.05) is 34.8 Å². The Kier molecular flexibility index (Phi) is 4.23. The predicted molar refractivity (Wildman–Crippen MR) is 79.1 cm³/mol. The van der Waals surface area contributed by atoms with E-state index < -0.39 is 4.92 Å². The second-order valence-electron chi connectivity index (χ2n) is 3.78. The Hall–Kier alpha value is -1.69. The van der Waals surface area contributed by atoms with Crippen molar-refractivity contribution in [2.75, 3.05) is 5.73 Å². The van der Waals surface area contributed by atoms with Crippen LogP contribution < -0.4 is 10.5 Å². The van der Waals surface area contributed by atoms with E-state index in [9.17, 15) is 10.1 Å². The van der Waals surface area contributed by atoms with Crippen molar-refractivity contribution < 1.29 is 9.66 Å². The first-order valence-electron chi connectivity index (χ1n) is 5.25. The number of nitro groups is 1. The summed E-state index contributed by atoms with van der Waals surface area (Å²) in [6, 6.07) is 6.90. The van der Waals surface area contributed by atoms with E-state index in [1.54, 1.807) is 0 Å². The molecule has 0 atom stereocenters. The van der Waals surface area contributed by atoms with Gasteiger partial charge in [-0.05, 0) is 18.2 Å². The lowest BCUT2D eigenvalue weighted by Gasteiger charge is -2.10. The van der Waals surface area contributed by atoms with Crippen molar-refractivity contribution in [3.8, 4) is 11.5 Å². The molecule has 0 aliphatic carbocycles. The average molecular weight is 334 g/mol. The van der Waals surface area contributed by atoms with Gasteiger partial charge in [0.25, 0.3) is 5.69 Å². The van der Waals surface area contributed by atoms with Crippen LogP contribution in [0.3, 0.4) is 0 Å². The molecule has 0 radical (unpaired) electrons. The van der Waals surface area contributed by atoms with E-state index in [0.29, 0.717) is 5.02 Å². The van der Waals surface area contributed by atoms with Crippen molar-refractivity contribution in [3.63, 3.8) is 0 Å². The van der Waals surface area contributed by atoms with Crippen LogP contribution in [0.2, 0.25) is 15.1 Å². The Morgan fingerprint density at radius 3 is 2.20 bits per heavy atom. The fourth-order valence-corrected chi connectivity index (χ4v) is 2.40. The standard InChI is InChI=1S/C12H7Cl3N2O3/c13-6-3-8(14)12(9(15)4-6)20-7-1-2-11(17(18)19)10(16)5-7/h1-5H,16H2. The molecule has 0 aliphatic rings. The Labute approximate surface area is 129 Å². The van der Waals surface area contributed by atoms with Crippen LogP contribution in [0.4, 0.5) is 11.4 Å². The first-order chi connectivity index (χ1) is 9.38. The Balaban J connectivity index is 2.36. The van der Waals surface area contributed by atoms with Gasteiger partial charge >= 0.3 is 0 Å². The van der Waals surface area contributed by atoms with E-state index in [-0.39, 0.29) is 32.9 Å². The monoisotopic (exact) mass is 332 g/mol. The van der Waals surface area contributed by atoms with E-state index in [1.165, 1.54) is 30.3 Å². The van der Waals surface area contributed by atoms with E-state index >= 15 is 0 Å². The highest BCUT2D eigenvalue weighted by molar-refractivity contribution is 6.40. The van der Waals surface area contributed by atoms with Gasteiger partial charge in [0.2, 0.25) is 0 Å². The molecule has 2 aromatic rings. The van der Waals surface area contributed by atoms with Crippen LogP contribution in [-0.4, -0.2) is 4.92 Å². The van der Waals surface area contributed by atoms with Crippen LogP contribution in [0.5, 0.6) is 11.5 Å². The molecular formula is C12H7Cl3N2O3. The number of nitrogens with two attached hydrogens (primary N) is 1. The van der Waals surface area contributed by atoms with Gasteiger partial charge in [-0.3, -0.25) is 10.1 Å². The number of ether oxygens (including phenoxy) is 1. The number of hydrogen-bond acceptors (Lipinski definition) is 4. The molecule has 2 N–H and O–H groups in total.